The number of piperidine rings is 1. The summed E-state index contributed by atoms with van der Waals surface area (Å²) >= 11 is 7.63. The van der Waals surface area contributed by atoms with Gasteiger partial charge in [-0.2, -0.15) is 0 Å². The lowest BCUT2D eigenvalue weighted by Crippen LogP contribution is -2.48. The number of nitrogens with one attached hydrogen (secondary N) is 1. The van der Waals surface area contributed by atoms with E-state index in [2.05, 4.69) is 16.3 Å². The van der Waals surface area contributed by atoms with E-state index in [1.165, 1.54) is 23.3 Å². The highest BCUT2D eigenvalue weighted by atomic mass is 35.5. The molecule has 7 nitrogen and oxygen atoms in total. The number of carbonyl (C=O) groups excluding carboxylic acids is 1. The standard InChI is InChI=1S/C21H27ClN4O3S2/c1-24(2)31(28,29)18-4-5-19-15(13-18)7-12-26(19)21(27)23-16-8-10-25(11-9-16)14-17-3-6-20(22)30-17/h3-6,13,16H,7-12,14H2,1-2H3,(H,23,27). The first-order chi connectivity index (χ1) is 14.7. The highest BCUT2D eigenvalue weighted by Gasteiger charge is 2.29. The summed E-state index contributed by atoms with van der Waals surface area (Å²) in [5.41, 5.74) is 1.68. The van der Waals surface area contributed by atoms with Crippen molar-refractivity contribution in [3.8, 4) is 0 Å². The largest absolute Gasteiger partial charge is 0.335 e. The molecule has 0 radical (unpaired) electrons. The van der Waals surface area contributed by atoms with Gasteiger partial charge in [0.15, 0.2) is 0 Å². The van der Waals surface area contributed by atoms with Gasteiger partial charge in [0.2, 0.25) is 10.0 Å². The fourth-order valence-corrected chi connectivity index (χ4v) is 6.19. The van der Waals surface area contributed by atoms with Crippen LogP contribution in [0.2, 0.25) is 4.34 Å². The first-order valence-corrected chi connectivity index (χ1v) is 13.0. The second-order valence-electron chi connectivity index (χ2n) is 8.19. The van der Waals surface area contributed by atoms with Gasteiger partial charge in [0.1, 0.15) is 0 Å². The van der Waals surface area contributed by atoms with Crippen molar-refractivity contribution in [2.45, 2.75) is 36.7 Å². The quantitative estimate of drug-likeness (QED) is 0.709. The summed E-state index contributed by atoms with van der Waals surface area (Å²) in [4.78, 5) is 18.5. The molecule has 4 rings (SSSR count). The first kappa shape index (κ1) is 22.5. The Hall–Kier alpha value is -1.65. The van der Waals surface area contributed by atoms with Crippen LogP contribution < -0.4 is 10.2 Å². The van der Waals surface area contributed by atoms with Crippen molar-refractivity contribution >= 4 is 44.7 Å². The van der Waals surface area contributed by atoms with Crippen LogP contribution >= 0.6 is 22.9 Å². The predicted molar refractivity (Wildman–Crippen MR) is 125 cm³/mol. The van der Waals surface area contributed by atoms with Crippen LogP contribution in [-0.4, -0.2) is 63.4 Å². The minimum absolute atomic E-state index is 0.106. The van der Waals surface area contributed by atoms with E-state index in [0.29, 0.717) is 13.0 Å². The molecule has 0 aliphatic carbocycles. The third kappa shape index (κ3) is 4.90. The van der Waals surface area contributed by atoms with Gasteiger partial charge in [-0.1, -0.05) is 11.6 Å². The molecule has 0 bridgehead atoms. The fourth-order valence-electron chi connectivity index (χ4n) is 4.11. The number of nitrogens with zero attached hydrogens (tertiary/aromatic N) is 3. The van der Waals surface area contributed by atoms with E-state index in [4.69, 9.17) is 11.6 Å². The van der Waals surface area contributed by atoms with E-state index >= 15 is 0 Å². The number of urea groups is 1. The second-order valence-corrected chi connectivity index (χ2v) is 12.1. The zero-order valence-corrected chi connectivity index (χ0v) is 20.1. The monoisotopic (exact) mass is 482 g/mol. The zero-order chi connectivity index (χ0) is 22.2. The van der Waals surface area contributed by atoms with Gasteiger partial charge >= 0.3 is 6.03 Å². The molecule has 1 aromatic heterocycles. The number of thiophene rings is 1. The number of likely N-dealkylation sites (tertiary alicyclic amines) is 1. The van der Waals surface area contributed by atoms with Crippen LogP contribution in [0.25, 0.3) is 0 Å². The molecule has 31 heavy (non-hydrogen) atoms. The molecule has 168 valence electrons. The van der Waals surface area contributed by atoms with Crippen molar-refractivity contribution in [2.24, 2.45) is 0 Å². The van der Waals surface area contributed by atoms with Gasteiger partial charge in [-0.05, 0) is 55.2 Å². The molecule has 1 N–H and O–H groups in total. The molecule has 1 saturated heterocycles. The molecule has 3 heterocycles. The number of rotatable bonds is 5. The third-order valence-corrected chi connectivity index (χ3v) is 8.92. The normalized spacial score (nSPS) is 17.9. The number of amides is 2. The Kier molecular flexibility index (Phi) is 6.60. The Bertz CT molecular complexity index is 1060. The summed E-state index contributed by atoms with van der Waals surface area (Å²) in [5.74, 6) is 0. The smallest absolute Gasteiger partial charge is 0.322 e. The Labute approximate surface area is 192 Å². The number of carbonyl (C=O) groups is 1. The average molecular weight is 483 g/mol. The lowest BCUT2D eigenvalue weighted by atomic mass is 10.1. The molecule has 10 heteroatoms. The molecule has 0 saturated carbocycles. The van der Waals surface area contributed by atoms with Crippen molar-refractivity contribution in [3.05, 3.63) is 45.1 Å². The van der Waals surface area contributed by atoms with Crippen molar-refractivity contribution in [1.82, 2.24) is 14.5 Å². The number of halogens is 1. The van der Waals surface area contributed by atoms with Crippen molar-refractivity contribution in [2.75, 3.05) is 38.6 Å². The van der Waals surface area contributed by atoms with Gasteiger partial charge in [0, 0.05) is 56.9 Å². The highest BCUT2D eigenvalue weighted by molar-refractivity contribution is 7.89. The summed E-state index contributed by atoms with van der Waals surface area (Å²) in [6.45, 7) is 3.33. The van der Waals surface area contributed by atoms with Gasteiger partial charge in [-0.3, -0.25) is 9.80 Å². The molecule has 2 aliphatic rings. The summed E-state index contributed by atoms with van der Waals surface area (Å²) < 4.78 is 26.8. The van der Waals surface area contributed by atoms with Crippen LogP contribution in [0.3, 0.4) is 0 Å². The average Bonchev–Trinajstić information content (AvgIpc) is 3.34. The van der Waals surface area contributed by atoms with E-state index in [9.17, 15) is 13.2 Å². The van der Waals surface area contributed by atoms with Gasteiger partial charge in [0.25, 0.3) is 0 Å². The zero-order valence-electron chi connectivity index (χ0n) is 17.7. The molecule has 1 fully saturated rings. The van der Waals surface area contributed by atoms with Crippen LogP contribution in [-0.2, 0) is 23.0 Å². The molecule has 0 unspecified atom stereocenters. The van der Waals surface area contributed by atoms with Gasteiger partial charge < -0.3 is 5.32 Å². The molecular formula is C21H27ClN4O3S2. The molecule has 0 spiro atoms. The first-order valence-electron chi connectivity index (χ1n) is 10.3. The summed E-state index contributed by atoms with van der Waals surface area (Å²) in [5, 5.41) is 3.17. The SMILES string of the molecule is CN(C)S(=O)(=O)c1ccc2c(c1)CCN2C(=O)NC1CCN(Cc2ccc(Cl)s2)CC1. The van der Waals surface area contributed by atoms with Crippen LogP contribution in [0.5, 0.6) is 0 Å². The number of sulfonamides is 1. The maximum atomic E-state index is 12.9. The molecule has 2 amide bonds. The van der Waals surface area contributed by atoms with Gasteiger partial charge in [-0.25, -0.2) is 17.5 Å². The Morgan fingerprint density at radius 3 is 2.58 bits per heavy atom. The van der Waals surface area contributed by atoms with Crippen molar-refractivity contribution < 1.29 is 13.2 Å². The Balaban J connectivity index is 1.34. The number of fused-ring (bicyclic) bond motifs is 1. The Morgan fingerprint density at radius 2 is 1.94 bits per heavy atom. The van der Waals surface area contributed by atoms with E-state index in [1.54, 1.807) is 34.4 Å². The van der Waals surface area contributed by atoms with Crippen LogP contribution in [0, 0.1) is 0 Å². The van der Waals surface area contributed by atoms with Crippen LogP contribution in [0.15, 0.2) is 35.2 Å². The molecule has 0 atom stereocenters. The molecule has 1 aromatic carbocycles. The number of hydrogen-bond acceptors (Lipinski definition) is 5. The van der Waals surface area contributed by atoms with Crippen molar-refractivity contribution in [3.63, 3.8) is 0 Å². The molecule has 2 aliphatic heterocycles. The second kappa shape index (κ2) is 9.07. The fraction of sp³-hybridized carbons (Fsp3) is 0.476. The highest BCUT2D eigenvalue weighted by Crippen LogP contribution is 2.31. The summed E-state index contributed by atoms with van der Waals surface area (Å²) in [6.07, 6.45) is 2.47. The minimum Gasteiger partial charge on any atom is -0.335 e. The van der Waals surface area contributed by atoms with Gasteiger partial charge in [-0.15, -0.1) is 11.3 Å². The predicted octanol–water partition coefficient (Wildman–Crippen LogP) is 3.39. The van der Waals surface area contributed by atoms with E-state index < -0.39 is 10.0 Å². The van der Waals surface area contributed by atoms with E-state index in [-0.39, 0.29) is 17.0 Å². The third-order valence-electron chi connectivity index (χ3n) is 5.89. The topological polar surface area (TPSA) is 73.0 Å². The maximum Gasteiger partial charge on any atom is 0.322 e. The summed E-state index contributed by atoms with van der Waals surface area (Å²) in [6, 6.07) is 9.05. The number of benzene rings is 1. The lowest BCUT2D eigenvalue weighted by molar-refractivity contribution is 0.189. The molecular weight excluding hydrogens is 456 g/mol. The van der Waals surface area contributed by atoms with Crippen LogP contribution in [0.4, 0.5) is 10.5 Å². The van der Waals surface area contributed by atoms with E-state index in [1.807, 2.05) is 6.07 Å². The van der Waals surface area contributed by atoms with Crippen molar-refractivity contribution in [1.29, 1.82) is 0 Å². The van der Waals surface area contributed by atoms with Crippen LogP contribution in [0.1, 0.15) is 23.3 Å². The van der Waals surface area contributed by atoms with Gasteiger partial charge in [0.05, 0.1) is 9.23 Å². The molecule has 2 aromatic rings. The minimum atomic E-state index is -3.48. The number of anilines is 1. The van der Waals surface area contributed by atoms with E-state index in [0.717, 1.165) is 48.1 Å². The number of hydrogen-bond donors (Lipinski definition) is 1. The maximum absolute atomic E-state index is 12.9. The summed E-state index contributed by atoms with van der Waals surface area (Å²) in [7, 11) is -0.448. The lowest BCUT2D eigenvalue weighted by Gasteiger charge is -2.33. The Morgan fingerprint density at radius 1 is 1.19 bits per heavy atom.